The van der Waals surface area contributed by atoms with Gasteiger partial charge in [0.2, 0.25) is 17.7 Å². The SMILES string of the molecule is CNC(=O)CN1C(=O)[C@H](NC(=O)[C@@H]2CCC(=O)N2)[C@H](c2ccccc2)Sc2ccccc21. The zero-order chi connectivity index (χ0) is 22.7. The molecule has 1 fully saturated rings. The van der Waals surface area contributed by atoms with Crippen molar-refractivity contribution in [1.82, 2.24) is 16.0 Å². The monoisotopic (exact) mass is 452 g/mol. The summed E-state index contributed by atoms with van der Waals surface area (Å²) in [4.78, 5) is 52.8. The van der Waals surface area contributed by atoms with Gasteiger partial charge in [-0.3, -0.25) is 19.2 Å². The Balaban J connectivity index is 1.74. The summed E-state index contributed by atoms with van der Waals surface area (Å²) in [5.74, 6) is -1.27. The Morgan fingerprint density at radius 1 is 1.09 bits per heavy atom. The molecule has 3 atom stereocenters. The van der Waals surface area contributed by atoms with Gasteiger partial charge in [-0.1, -0.05) is 42.5 Å². The second-order valence-electron chi connectivity index (χ2n) is 7.66. The Morgan fingerprint density at radius 2 is 1.81 bits per heavy atom. The molecular weight excluding hydrogens is 428 g/mol. The van der Waals surface area contributed by atoms with E-state index in [-0.39, 0.29) is 30.7 Å². The summed E-state index contributed by atoms with van der Waals surface area (Å²) in [5.41, 5.74) is 1.50. The van der Waals surface area contributed by atoms with E-state index in [2.05, 4.69) is 16.0 Å². The van der Waals surface area contributed by atoms with Gasteiger partial charge in [0.15, 0.2) is 0 Å². The summed E-state index contributed by atoms with van der Waals surface area (Å²) < 4.78 is 0. The van der Waals surface area contributed by atoms with Crippen LogP contribution in [-0.2, 0) is 19.2 Å². The van der Waals surface area contributed by atoms with Crippen molar-refractivity contribution < 1.29 is 19.2 Å². The van der Waals surface area contributed by atoms with E-state index in [4.69, 9.17) is 0 Å². The van der Waals surface area contributed by atoms with E-state index >= 15 is 0 Å². The summed E-state index contributed by atoms with van der Waals surface area (Å²) >= 11 is 1.47. The number of nitrogens with zero attached hydrogens (tertiary/aromatic N) is 1. The molecule has 4 amide bonds. The molecule has 0 unspecified atom stereocenters. The highest BCUT2D eigenvalue weighted by atomic mass is 32.2. The highest BCUT2D eigenvalue weighted by molar-refractivity contribution is 7.99. The molecule has 1 saturated heterocycles. The van der Waals surface area contributed by atoms with Crippen LogP contribution in [0.3, 0.4) is 0 Å². The lowest BCUT2D eigenvalue weighted by molar-refractivity contribution is -0.130. The maximum Gasteiger partial charge on any atom is 0.251 e. The Bertz CT molecular complexity index is 1050. The number of amides is 4. The van der Waals surface area contributed by atoms with Crippen molar-refractivity contribution >= 4 is 41.1 Å². The van der Waals surface area contributed by atoms with Crippen LogP contribution < -0.4 is 20.9 Å². The molecule has 0 aliphatic carbocycles. The summed E-state index contributed by atoms with van der Waals surface area (Å²) in [6.07, 6.45) is 0.665. The number of rotatable bonds is 5. The van der Waals surface area contributed by atoms with Gasteiger partial charge < -0.3 is 20.9 Å². The molecule has 32 heavy (non-hydrogen) atoms. The summed E-state index contributed by atoms with van der Waals surface area (Å²) in [6, 6.07) is 15.3. The summed E-state index contributed by atoms with van der Waals surface area (Å²) in [7, 11) is 1.51. The molecule has 8 nitrogen and oxygen atoms in total. The predicted molar refractivity (Wildman–Crippen MR) is 121 cm³/mol. The summed E-state index contributed by atoms with van der Waals surface area (Å²) in [5, 5.41) is 7.67. The highest BCUT2D eigenvalue weighted by Gasteiger charge is 2.41. The molecule has 2 aromatic rings. The van der Waals surface area contributed by atoms with E-state index in [9.17, 15) is 19.2 Å². The van der Waals surface area contributed by atoms with Gasteiger partial charge in [-0.05, 0) is 24.1 Å². The van der Waals surface area contributed by atoms with E-state index in [1.807, 2.05) is 48.5 Å². The van der Waals surface area contributed by atoms with Crippen molar-refractivity contribution in [2.24, 2.45) is 0 Å². The molecule has 166 valence electrons. The molecule has 2 heterocycles. The van der Waals surface area contributed by atoms with Crippen LogP contribution in [0.1, 0.15) is 23.7 Å². The number of fused-ring (bicyclic) bond motifs is 1. The van der Waals surface area contributed by atoms with Crippen LogP contribution in [0.4, 0.5) is 5.69 Å². The smallest absolute Gasteiger partial charge is 0.251 e. The highest BCUT2D eigenvalue weighted by Crippen LogP contribution is 2.45. The minimum absolute atomic E-state index is 0.166. The minimum atomic E-state index is -0.926. The first-order valence-electron chi connectivity index (χ1n) is 10.4. The Kier molecular flexibility index (Phi) is 6.45. The zero-order valence-corrected chi connectivity index (χ0v) is 18.4. The van der Waals surface area contributed by atoms with Gasteiger partial charge in [-0.15, -0.1) is 11.8 Å². The van der Waals surface area contributed by atoms with Gasteiger partial charge in [0.05, 0.1) is 10.9 Å². The first kappa shape index (κ1) is 21.9. The number of thioether (sulfide) groups is 1. The first-order chi connectivity index (χ1) is 15.5. The predicted octanol–water partition coefficient (Wildman–Crippen LogP) is 1.38. The number of hydrogen-bond acceptors (Lipinski definition) is 5. The van der Waals surface area contributed by atoms with Crippen LogP contribution in [0.25, 0.3) is 0 Å². The number of likely N-dealkylation sites (N-methyl/N-ethyl adjacent to an activating group) is 1. The fourth-order valence-electron chi connectivity index (χ4n) is 3.89. The molecule has 0 spiro atoms. The lowest BCUT2D eigenvalue weighted by atomic mass is 10.0. The van der Waals surface area contributed by atoms with E-state index in [0.29, 0.717) is 12.1 Å². The van der Waals surface area contributed by atoms with Gasteiger partial charge in [0.1, 0.15) is 18.6 Å². The average molecular weight is 453 g/mol. The largest absolute Gasteiger partial charge is 0.358 e. The van der Waals surface area contributed by atoms with Gasteiger partial charge in [-0.2, -0.15) is 0 Å². The number of benzene rings is 2. The number of hydrogen-bond donors (Lipinski definition) is 3. The molecule has 2 aliphatic heterocycles. The molecule has 0 radical (unpaired) electrons. The van der Waals surface area contributed by atoms with Crippen LogP contribution >= 0.6 is 11.8 Å². The van der Waals surface area contributed by atoms with Gasteiger partial charge in [-0.25, -0.2) is 0 Å². The number of carbonyl (C=O) groups excluding carboxylic acids is 4. The van der Waals surface area contributed by atoms with Crippen LogP contribution in [0.2, 0.25) is 0 Å². The average Bonchev–Trinajstić information content (AvgIpc) is 3.22. The van der Waals surface area contributed by atoms with E-state index < -0.39 is 23.2 Å². The van der Waals surface area contributed by atoms with Crippen LogP contribution in [0.15, 0.2) is 59.5 Å². The standard InChI is InChI=1S/C23H24N4O4S/c1-24-19(29)13-27-16-9-5-6-10-17(16)32-21(14-7-3-2-4-8-14)20(23(27)31)26-22(30)15-11-12-18(28)25-15/h2-10,15,20-21H,11-13H2,1H3,(H,24,29)(H,25,28)(H,26,30)/t15-,20+,21-/m0/s1. The fraction of sp³-hybridized carbons (Fsp3) is 0.304. The molecule has 0 bridgehead atoms. The zero-order valence-electron chi connectivity index (χ0n) is 17.5. The van der Waals surface area contributed by atoms with Crippen molar-refractivity contribution in [3.63, 3.8) is 0 Å². The number of anilines is 1. The van der Waals surface area contributed by atoms with Crippen LogP contribution in [0, 0.1) is 0 Å². The third kappa shape index (κ3) is 4.47. The molecule has 4 rings (SSSR count). The fourth-order valence-corrected chi connectivity index (χ4v) is 5.24. The van der Waals surface area contributed by atoms with Crippen molar-refractivity contribution in [2.75, 3.05) is 18.5 Å². The third-order valence-electron chi connectivity index (χ3n) is 5.56. The van der Waals surface area contributed by atoms with E-state index in [0.717, 1.165) is 10.5 Å². The Morgan fingerprint density at radius 3 is 2.50 bits per heavy atom. The molecule has 3 N–H and O–H groups in total. The van der Waals surface area contributed by atoms with Crippen LogP contribution in [-0.4, -0.2) is 49.3 Å². The maximum absolute atomic E-state index is 13.8. The lowest BCUT2D eigenvalue weighted by Gasteiger charge is -2.29. The van der Waals surface area contributed by atoms with Gasteiger partial charge in [0, 0.05) is 18.4 Å². The second kappa shape index (κ2) is 9.44. The molecule has 2 aromatic carbocycles. The third-order valence-corrected chi connectivity index (χ3v) is 6.96. The quantitative estimate of drug-likeness (QED) is 0.635. The van der Waals surface area contributed by atoms with Crippen LogP contribution in [0.5, 0.6) is 0 Å². The molecular formula is C23H24N4O4S. The normalized spacial score (nSPS) is 22.5. The minimum Gasteiger partial charge on any atom is -0.358 e. The summed E-state index contributed by atoms with van der Waals surface area (Å²) in [6.45, 7) is -0.166. The van der Waals surface area contributed by atoms with E-state index in [1.165, 1.54) is 23.7 Å². The van der Waals surface area contributed by atoms with Crippen molar-refractivity contribution in [1.29, 1.82) is 0 Å². The molecule has 9 heteroatoms. The van der Waals surface area contributed by atoms with Crippen molar-refractivity contribution in [3.05, 3.63) is 60.2 Å². The molecule has 0 saturated carbocycles. The number of carbonyl (C=O) groups is 4. The van der Waals surface area contributed by atoms with Crippen molar-refractivity contribution in [3.8, 4) is 0 Å². The molecule has 0 aromatic heterocycles. The first-order valence-corrected chi connectivity index (χ1v) is 11.3. The number of para-hydroxylation sites is 1. The molecule has 2 aliphatic rings. The number of nitrogens with one attached hydrogen (secondary N) is 3. The van der Waals surface area contributed by atoms with E-state index in [1.54, 1.807) is 6.07 Å². The second-order valence-corrected chi connectivity index (χ2v) is 8.84. The lowest BCUT2D eigenvalue weighted by Crippen LogP contribution is -2.55. The Labute approximate surface area is 190 Å². The Hall–Kier alpha value is -3.33. The van der Waals surface area contributed by atoms with Gasteiger partial charge >= 0.3 is 0 Å². The maximum atomic E-state index is 13.8. The van der Waals surface area contributed by atoms with Crippen molar-refractivity contribution in [2.45, 2.75) is 35.1 Å². The van der Waals surface area contributed by atoms with Gasteiger partial charge in [0.25, 0.3) is 5.91 Å². The topological polar surface area (TPSA) is 108 Å².